The van der Waals surface area contributed by atoms with Crippen molar-refractivity contribution >= 4 is 27.9 Å². The lowest BCUT2D eigenvalue weighted by Crippen LogP contribution is -2.37. The van der Waals surface area contributed by atoms with Gasteiger partial charge in [-0.3, -0.25) is 4.79 Å². The van der Waals surface area contributed by atoms with Crippen LogP contribution in [0.25, 0.3) is 0 Å². The SMILES string of the molecule is CN(CCCC(=O)O)C(=O)NCc1ccccc1Br. The zero-order valence-corrected chi connectivity index (χ0v) is 12.3. The van der Waals surface area contributed by atoms with Gasteiger partial charge in [-0.25, -0.2) is 4.79 Å². The number of hydrogen-bond donors (Lipinski definition) is 2. The van der Waals surface area contributed by atoms with Gasteiger partial charge in [-0.15, -0.1) is 0 Å². The lowest BCUT2D eigenvalue weighted by atomic mass is 10.2. The Morgan fingerprint density at radius 3 is 2.68 bits per heavy atom. The zero-order chi connectivity index (χ0) is 14.3. The second kappa shape index (κ2) is 7.78. The van der Waals surface area contributed by atoms with Crippen molar-refractivity contribution in [3.8, 4) is 0 Å². The quantitative estimate of drug-likeness (QED) is 0.842. The highest BCUT2D eigenvalue weighted by molar-refractivity contribution is 9.10. The van der Waals surface area contributed by atoms with Crippen molar-refractivity contribution in [3.63, 3.8) is 0 Å². The van der Waals surface area contributed by atoms with Gasteiger partial charge < -0.3 is 15.3 Å². The summed E-state index contributed by atoms with van der Waals surface area (Å²) >= 11 is 3.41. The number of carbonyl (C=O) groups excluding carboxylic acids is 1. The fraction of sp³-hybridized carbons (Fsp3) is 0.385. The van der Waals surface area contributed by atoms with Crippen molar-refractivity contribution in [2.75, 3.05) is 13.6 Å². The maximum absolute atomic E-state index is 11.8. The summed E-state index contributed by atoms with van der Waals surface area (Å²) in [6.45, 7) is 0.859. The van der Waals surface area contributed by atoms with Crippen LogP contribution in [0.15, 0.2) is 28.7 Å². The van der Waals surface area contributed by atoms with Gasteiger partial charge in [0.15, 0.2) is 0 Å². The lowest BCUT2D eigenvalue weighted by molar-refractivity contribution is -0.137. The fourth-order valence-electron chi connectivity index (χ4n) is 1.52. The van der Waals surface area contributed by atoms with Gasteiger partial charge in [0.25, 0.3) is 0 Å². The van der Waals surface area contributed by atoms with Gasteiger partial charge in [0.05, 0.1) is 0 Å². The van der Waals surface area contributed by atoms with Crippen molar-refractivity contribution < 1.29 is 14.7 Å². The Balaban J connectivity index is 2.34. The zero-order valence-electron chi connectivity index (χ0n) is 10.7. The van der Waals surface area contributed by atoms with Crippen LogP contribution in [0.2, 0.25) is 0 Å². The minimum Gasteiger partial charge on any atom is -0.481 e. The van der Waals surface area contributed by atoms with Crippen LogP contribution in [0.5, 0.6) is 0 Å². The highest BCUT2D eigenvalue weighted by Gasteiger charge is 2.09. The fourth-order valence-corrected chi connectivity index (χ4v) is 1.94. The van der Waals surface area contributed by atoms with Gasteiger partial charge in [0.1, 0.15) is 0 Å². The van der Waals surface area contributed by atoms with E-state index in [0.29, 0.717) is 19.5 Å². The van der Waals surface area contributed by atoms with E-state index in [1.807, 2.05) is 24.3 Å². The van der Waals surface area contributed by atoms with Crippen molar-refractivity contribution in [2.45, 2.75) is 19.4 Å². The van der Waals surface area contributed by atoms with Gasteiger partial charge in [-0.2, -0.15) is 0 Å². The molecule has 0 aliphatic heterocycles. The van der Waals surface area contributed by atoms with E-state index in [0.717, 1.165) is 10.0 Å². The van der Waals surface area contributed by atoms with Crippen LogP contribution in [0.3, 0.4) is 0 Å². The predicted octanol–water partition coefficient (Wildman–Crippen LogP) is 2.46. The van der Waals surface area contributed by atoms with Crippen molar-refractivity contribution in [1.29, 1.82) is 0 Å². The van der Waals surface area contributed by atoms with Crippen molar-refractivity contribution in [3.05, 3.63) is 34.3 Å². The Hall–Kier alpha value is -1.56. The Morgan fingerprint density at radius 2 is 2.05 bits per heavy atom. The molecule has 0 spiro atoms. The first kappa shape index (κ1) is 15.5. The standard InChI is InChI=1S/C13H17BrN2O3/c1-16(8-4-7-12(17)18)13(19)15-9-10-5-2-3-6-11(10)14/h2-3,5-6H,4,7-9H2,1H3,(H,15,19)(H,17,18). The minimum atomic E-state index is -0.845. The van der Waals surface area contributed by atoms with Crippen LogP contribution >= 0.6 is 15.9 Å². The molecule has 2 N–H and O–H groups in total. The third kappa shape index (κ3) is 5.74. The van der Waals surface area contributed by atoms with Gasteiger partial charge in [0.2, 0.25) is 0 Å². The molecular formula is C13H17BrN2O3. The first-order valence-corrected chi connectivity index (χ1v) is 6.74. The maximum atomic E-state index is 11.8. The monoisotopic (exact) mass is 328 g/mol. The van der Waals surface area contributed by atoms with Gasteiger partial charge in [-0.1, -0.05) is 34.1 Å². The van der Waals surface area contributed by atoms with E-state index in [9.17, 15) is 9.59 Å². The maximum Gasteiger partial charge on any atom is 0.317 e. The van der Waals surface area contributed by atoms with Crippen LogP contribution < -0.4 is 5.32 Å². The molecule has 1 rings (SSSR count). The summed E-state index contributed by atoms with van der Waals surface area (Å²) in [6.07, 6.45) is 0.524. The Morgan fingerprint density at radius 1 is 1.37 bits per heavy atom. The number of carboxylic acids is 1. The number of rotatable bonds is 6. The van der Waals surface area contributed by atoms with Crippen LogP contribution in [0, 0.1) is 0 Å². The van der Waals surface area contributed by atoms with E-state index in [4.69, 9.17) is 5.11 Å². The molecule has 0 aliphatic carbocycles. The number of nitrogens with one attached hydrogen (secondary N) is 1. The predicted molar refractivity (Wildman–Crippen MR) is 75.9 cm³/mol. The number of benzene rings is 1. The first-order chi connectivity index (χ1) is 9.00. The molecule has 19 heavy (non-hydrogen) atoms. The summed E-state index contributed by atoms with van der Waals surface area (Å²) < 4.78 is 0.948. The second-order valence-corrected chi connectivity index (χ2v) is 5.02. The number of urea groups is 1. The van der Waals surface area contributed by atoms with E-state index < -0.39 is 5.97 Å². The molecule has 0 heterocycles. The van der Waals surface area contributed by atoms with E-state index in [-0.39, 0.29) is 12.5 Å². The molecule has 0 unspecified atom stereocenters. The molecule has 0 saturated carbocycles. The molecule has 104 valence electrons. The molecule has 1 aromatic rings. The average molecular weight is 329 g/mol. The molecule has 0 bridgehead atoms. The Kier molecular flexibility index (Phi) is 6.35. The molecule has 0 radical (unpaired) electrons. The smallest absolute Gasteiger partial charge is 0.317 e. The normalized spacial score (nSPS) is 10.0. The average Bonchev–Trinajstić information content (AvgIpc) is 2.36. The van der Waals surface area contributed by atoms with Gasteiger partial charge >= 0.3 is 12.0 Å². The second-order valence-electron chi connectivity index (χ2n) is 4.17. The first-order valence-electron chi connectivity index (χ1n) is 5.95. The summed E-state index contributed by atoms with van der Waals surface area (Å²) in [6, 6.07) is 7.45. The molecule has 0 fully saturated rings. The number of aliphatic carboxylic acids is 1. The molecule has 0 saturated heterocycles. The van der Waals surface area contributed by atoms with Crippen molar-refractivity contribution in [1.82, 2.24) is 10.2 Å². The molecule has 0 atom stereocenters. The highest BCUT2D eigenvalue weighted by atomic mass is 79.9. The summed E-state index contributed by atoms with van der Waals surface area (Å²) in [4.78, 5) is 23.6. The third-order valence-corrected chi connectivity index (χ3v) is 3.39. The van der Waals surface area contributed by atoms with Crippen LogP contribution in [0.1, 0.15) is 18.4 Å². The third-order valence-electron chi connectivity index (χ3n) is 2.62. The summed E-state index contributed by atoms with van der Waals surface area (Å²) in [5, 5.41) is 11.3. The molecule has 0 aliphatic rings. The molecule has 0 aromatic heterocycles. The van der Waals surface area contributed by atoms with E-state index in [1.54, 1.807) is 7.05 Å². The summed E-state index contributed by atoms with van der Waals surface area (Å²) in [7, 11) is 1.65. The molecular weight excluding hydrogens is 312 g/mol. The highest BCUT2D eigenvalue weighted by Crippen LogP contribution is 2.15. The largest absolute Gasteiger partial charge is 0.481 e. The van der Waals surface area contributed by atoms with Crippen LogP contribution in [-0.4, -0.2) is 35.6 Å². The number of carboxylic acid groups (broad SMARTS) is 1. The number of hydrogen-bond acceptors (Lipinski definition) is 2. The van der Waals surface area contributed by atoms with Gasteiger partial charge in [0, 0.05) is 31.0 Å². The number of carbonyl (C=O) groups is 2. The van der Waals surface area contributed by atoms with E-state index in [1.165, 1.54) is 4.90 Å². The molecule has 1 aromatic carbocycles. The van der Waals surface area contributed by atoms with E-state index in [2.05, 4.69) is 21.2 Å². The molecule has 2 amide bonds. The topological polar surface area (TPSA) is 69.6 Å². The van der Waals surface area contributed by atoms with E-state index >= 15 is 0 Å². The lowest BCUT2D eigenvalue weighted by Gasteiger charge is -2.17. The molecule has 6 heteroatoms. The number of nitrogens with zero attached hydrogens (tertiary/aromatic N) is 1. The Labute approximate surface area is 120 Å². The van der Waals surface area contributed by atoms with Crippen molar-refractivity contribution in [2.24, 2.45) is 0 Å². The van der Waals surface area contributed by atoms with Crippen LogP contribution in [0.4, 0.5) is 4.79 Å². The molecule has 5 nitrogen and oxygen atoms in total. The summed E-state index contributed by atoms with van der Waals surface area (Å²) in [5.41, 5.74) is 0.995. The number of amides is 2. The Bertz CT molecular complexity index is 451. The summed E-state index contributed by atoms with van der Waals surface area (Å²) in [5.74, 6) is -0.845. The number of halogens is 1. The van der Waals surface area contributed by atoms with Crippen LogP contribution in [-0.2, 0) is 11.3 Å². The minimum absolute atomic E-state index is 0.0713. The van der Waals surface area contributed by atoms with Gasteiger partial charge in [-0.05, 0) is 18.1 Å².